The lowest BCUT2D eigenvalue weighted by Crippen LogP contribution is -2.17. The van der Waals surface area contributed by atoms with Crippen LogP contribution in [0.25, 0.3) is 0 Å². The highest BCUT2D eigenvalue weighted by Gasteiger charge is 2.32. The molecule has 19 heavy (non-hydrogen) atoms. The highest BCUT2D eigenvalue weighted by atomic mass is 16.5. The third-order valence-electron chi connectivity index (χ3n) is 4.96. The first kappa shape index (κ1) is 13.1. The summed E-state index contributed by atoms with van der Waals surface area (Å²) < 4.78 is 5.56. The van der Waals surface area contributed by atoms with Gasteiger partial charge < -0.3 is 10.3 Å². The van der Waals surface area contributed by atoms with Crippen LogP contribution in [0.4, 0.5) is 0 Å². The van der Waals surface area contributed by atoms with Crippen molar-refractivity contribution in [3.8, 4) is 0 Å². The second-order valence-corrected chi connectivity index (χ2v) is 6.21. The number of rotatable bonds is 3. The van der Waals surface area contributed by atoms with E-state index in [9.17, 15) is 0 Å². The van der Waals surface area contributed by atoms with Crippen LogP contribution in [-0.4, -0.2) is 16.7 Å². The van der Waals surface area contributed by atoms with Gasteiger partial charge in [-0.3, -0.25) is 0 Å². The summed E-state index contributed by atoms with van der Waals surface area (Å²) in [4.78, 5) is 4.72. The minimum Gasteiger partial charge on any atom is -0.339 e. The summed E-state index contributed by atoms with van der Waals surface area (Å²) >= 11 is 0. The van der Waals surface area contributed by atoms with E-state index in [1.165, 1.54) is 51.4 Å². The molecule has 2 saturated carbocycles. The van der Waals surface area contributed by atoms with Gasteiger partial charge in [0.2, 0.25) is 5.89 Å². The molecular formula is C15H25N3O. The molecule has 106 valence electrons. The molecule has 2 aliphatic rings. The second-order valence-electron chi connectivity index (χ2n) is 6.21. The van der Waals surface area contributed by atoms with Crippen molar-refractivity contribution in [1.82, 2.24) is 10.1 Å². The summed E-state index contributed by atoms with van der Waals surface area (Å²) in [5.74, 6) is 3.30. The fourth-order valence-corrected chi connectivity index (χ4v) is 3.75. The smallest absolute Gasteiger partial charge is 0.230 e. The van der Waals surface area contributed by atoms with Crippen molar-refractivity contribution in [1.29, 1.82) is 0 Å². The number of nitrogens with zero attached hydrogens (tertiary/aromatic N) is 2. The molecule has 0 saturated heterocycles. The van der Waals surface area contributed by atoms with Crippen LogP contribution in [0.5, 0.6) is 0 Å². The highest BCUT2D eigenvalue weighted by Crippen LogP contribution is 2.39. The zero-order valence-electron chi connectivity index (χ0n) is 11.7. The number of nitrogens with two attached hydrogens (primary N) is 1. The SMILES string of the molecule is NCC1CCCC1c1nc(C2CCCCCC2)no1. The molecule has 2 N–H and O–H groups in total. The summed E-state index contributed by atoms with van der Waals surface area (Å²) in [6.45, 7) is 0.742. The van der Waals surface area contributed by atoms with Gasteiger partial charge in [0.1, 0.15) is 0 Å². The van der Waals surface area contributed by atoms with Gasteiger partial charge in [-0.2, -0.15) is 4.98 Å². The molecule has 2 atom stereocenters. The first-order valence-electron chi connectivity index (χ1n) is 7.92. The van der Waals surface area contributed by atoms with E-state index >= 15 is 0 Å². The molecule has 3 rings (SSSR count). The van der Waals surface area contributed by atoms with E-state index < -0.39 is 0 Å². The number of hydrogen-bond donors (Lipinski definition) is 1. The lowest BCUT2D eigenvalue weighted by atomic mass is 9.96. The standard InChI is InChI=1S/C15H25N3O/c16-10-12-8-5-9-13(12)15-17-14(18-19-15)11-6-3-1-2-4-7-11/h11-13H,1-10,16H2. The molecule has 0 amide bonds. The first-order valence-corrected chi connectivity index (χ1v) is 7.92. The second kappa shape index (κ2) is 6.04. The van der Waals surface area contributed by atoms with Gasteiger partial charge in [-0.05, 0) is 38.1 Å². The van der Waals surface area contributed by atoms with E-state index in [0.29, 0.717) is 17.8 Å². The minimum atomic E-state index is 0.414. The molecule has 0 bridgehead atoms. The molecular weight excluding hydrogens is 238 g/mol. The van der Waals surface area contributed by atoms with E-state index in [4.69, 9.17) is 15.2 Å². The summed E-state index contributed by atoms with van der Waals surface area (Å²) in [6, 6.07) is 0. The average Bonchev–Trinajstić information content (AvgIpc) is 3.01. The van der Waals surface area contributed by atoms with Crippen molar-refractivity contribution < 1.29 is 4.52 Å². The maximum Gasteiger partial charge on any atom is 0.230 e. The fourth-order valence-electron chi connectivity index (χ4n) is 3.75. The topological polar surface area (TPSA) is 64.9 Å². The Morgan fingerprint density at radius 1 is 1.00 bits per heavy atom. The molecule has 4 nitrogen and oxygen atoms in total. The molecule has 0 spiro atoms. The van der Waals surface area contributed by atoms with Crippen LogP contribution in [0.1, 0.15) is 81.3 Å². The number of hydrogen-bond acceptors (Lipinski definition) is 4. The van der Waals surface area contributed by atoms with Crippen molar-refractivity contribution in [3.63, 3.8) is 0 Å². The maximum atomic E-state index is 5.84. The lowest BCUT2D eigenvalue weighted by molar-refractivity contribution is 0.321. The summed E-state index contributed by atoms with van der Waals surface area (Å²) in [7, 11) is 0. The zero-order chi connectivity index (χ0) is 13.1. The summed E-state index contributed by atoms with van der Waals surface area (Å²) in [6.07, 6.45) is 11.4. The van der Waals surface area contributed by atoms with E-state index in [2.05, 4.69) is 5.16 Å². The lowest BCUT2D eigenvalue weighted by Gasteiger charge is -2.12. The molecule has 2 fully saturated rings. The first-order chi connectivity index (χ1) is 9.38. The predicted octanol–water partition coefficient (Wildman–Crippen LogP) is 3.35. The third kappa shape index (κ3) is 2.83. The molecule has 1 heterocycles. The van der Waals surface area contributed by atoms with Crippen molar-refractivity contribution in [2.24, 2.45) is 11.7 Å². The summed E-state index contributed by atoms with van der Waals surface area (Å²) in [5.41, 5.74) is 5.84. The third-order valence-corrected chi connectivity index (χ3v) is 4.96. The Morgan fingerprint density at radius 3 is 2.53 bits per heavy atom. The quantitative estimate of drug-likeness (QED) is 0.849. The van der Waals surface area contributed by atoms with Gasteiger partial charge >= 0.3 is 0 Å². The van der Waals surface area contributed by atoms with Crippen molar-refractivity contribution in [3.05, 3.63) is 11.7 Å². The Kier molecular flexibility index (Phi) is 4.16. The van der Waals surface area contributed by atoms with E-state index in [0.717, 1.165) is 24.7 Å². The van der Waals surface area contributed by atoms with Gasteiger partial charge in [0.15, 0.2) is 5.82 Å². The van der Waals surface area contributed by atoms with Crippen LogP contribution in [0.3, 0.4) is 0 Å². The average molecular weight is 263 g/mol. The minimum absolute atomic E-state index is 0.414. The Morgan fingerprint density at radius 2 is 1.79 bits per heavy atom. The molecule has 0 radical (unpaired) electrons. The van der Waals surface area contributed by atoms with Crippen molar-refractivity contribution in [2.75, 3.05) is 6.54 Å². The van der Waals surface area contributed by atoms with Gasteiger partial charge in [-0.1, -0.05) is 37.3 Å². The van der Waals surface area contributed by atoms with Crippen molar-refractivity contribution in [2.45, 2.75) is 69.6 Å². The Labute approximate surface area is 115 Å². The normalized spacial score (nSPS) is 29.5. The van der Waals surface area contributed by atoms with Crippen LogP contribution in [0.2, 0.25) is 0 Å². The van der Waals surface area contributed by atoms with Crippen LogP contribution in [0, 0.1) is 5.92 Å². The van der Waals surface area contributed by atoms with Crippen LogP contribution in [-0.2, 0) is 0 Å². The molecule has 1 aromatic rings. The Bertz CT molecular complexity index is 396. The molecule has 4 heteroatoms. The maximum absolute atomic E-state index is 5.84. The van der Waals surface area contributed by atoms with Gasteiger partial charge in [0.05, 0.1) is 0 Å². The predicted molar refractivity (Wildman–Crippen MR) is 73.9 cm³/mol. The van der Waals surface area contributed by atoms with Gasteiger partial charge in [0, 0.05) is 11.8 Å². The Hall–Kier alpha value is -0.900. The summed E-state index contributed by atoms with van der Waals surface area (Å²) in [5, 5.41) is 4.27. The fraction of sp³-hybridized carbons (Fsp3) is 0.867. The van der Waals surface area contributed by atoms with E-state index in [-0.39, 0.29) is 0 Å². The van der Waals surface area contributed by atoms with E-state index in [1.807, 2.05) is 0 Å². The molecule has 0 aliphatic heterocycles. The van der Waals surface area contributed by atoms with Gasteiger partial charge in [-0.15, -0.1) is 0 Å². The largest absolute Gasteiger partial charge is 0.339 e. The molecule has 0 aromatic carbocycles. The van der Waals surface area contributed by atoms with Crippen LogP contribution < -0.4 is 5.73 Å². The Balaban J connectivity index is 1.71. The zero-order valence-corrected chi connectivity index (χ0v) is 11.7. The monoisotopic (exact) mass is 263 g/mol. The number of aromatic nitrogens is 2. The molecule has 2 aliphatic carbocycles. The van der Waals surface area contributed by atoms with Crippen LogP contribution >= 0.6 is 0 Å². The van der Waals surface area contributed by atoms with Gasteiger partial charge in [-0.25, -0.2) is 0 Å². The van der Waals surface area contributed by atoms with Gasteiger partial charge in [0.25, 0.3) is 0 Å². The van der Waals surface area contributed by atoms with E-state index in [1.54, 1.807) is 0 Å². The van der Waals surface area contributed by atoms with Crippen LogP contribution in [0.15, 0.2) is 4.52 Å². The van der Waals surface area contributed by atoms with Crippen molar-refractivity contribution >= 4 is 0 Å². The highest BCUT2D eigenvalue weighted by molar-refractivity contribution is 5.03. The molecule has 1 aromatic heterocycles. The molecule has 2 unspecified atom stereocenters.